The molecule has 1 aromatic heterocycles. The summed E-state index contributed by atoms with van der Waals surface area (Å²) in [6.07, 6.45) is -1.15. The zero-order valence-corrected chi connectivity index (χ0v) is 18.8. The lowest BCUT2D eigenvalue weighted by atomic mass is 9.73. The number of aliphatic hydroxyl groups excluding tert-OH is 1. The van der Waals surface area contributed by atoms with Crippen LogP contribution in [0.15, 0.2) is 94.7 Å². The van der Waals surface area contributed by atoms with Crippen molar-refractivity contribution in [2.75, 3.05) is 0 Å². The van der Waals surface area contributed by atoms with Crippen LogP contribution in [0.1, 0.15) is 17.2 Å². The smallest absolute Gasteiger partial charge is 0.275 e. The summed E-state index contributed by atoms with van der Waals surface area (Å²) in [5.41, 5.74) is 1.88. The number of hydrogen-bond acceptors (Lipinski definition) is 5. The van der Waals surface area contributed by atoms with Crippen LogP contribution in [-0.2, 0) is 11.8 Å². The molecule has 1 N–H and O–H groups in total. The maximum atomic E-state index is 13.2. The van der Waals surface area contributed by atoms with E-state index in [2.05, 4.69) is 4.99 Å². The molecule has 4 aromatic rings. The molecule has 0 bridgehead atoms. The quantitative estimate of drug-likeness (QED) is 0.494. The lowest BCUT2D eigenvalue weighted by molar-refractivity contribution is -0.120. The number of ether oxygens (including phenoxy) is 1. The maximum Gasteiger partial charge on any atom is 0.275 e. The van der Waals surface area contributed by atoms with Crippen molar-refractivity contribution in [3.05, 3.63) is 107 Å². The monoisotopic (exact) mass is 453 g/mol. The standard InChI is InChI=1S/C27H23N3O4/c1-17-22(27(33)30(29(17)2)19-9-5-3-6-10-19)23-25(31)24(26(23)32)28-18-13-15-21(16-14-18)34-20-11-7-4-8-12-20/h3-16,23,25,31H,1-2H3. The van der Waals surface area contributed by atoms with Crippen LogP contribution < -0.4 is 10.3 Å². The highest BCUT2D eigenvalue weighted by Crippen LogP contribution is 2.34. The van der Waals surface area contributed by atoms with Gasteiger partial charge in [-0.25, -0.2) is 9.67 Å². The number of hydrogen-bond donors (Lipinski definition) is 1. The Balaban J connectivity index is 1.39. The van der Waals surface area contributed by atoms with Crippen molar-refractivity contribution in [2.45, 2.75) is 18.9 Å². The fourth-order valence-electron chi connectivity index (χ4n) is 4.22. The van der Waals surface area contributed by atoms with E-state index >= 15 is 0 Å². The molecule has 0 aliphatic heterocycles. The van der Waals surface area contributed by atoms with E-state index in [4.69, 9.17) is 4.74 Å². The molecule has 2 atom stereocenters. The topological polar surface area (TPSA) is 85.8 Å². The van der Waals surface area contributed by atoms with Gasteiger partial charge in [0.2, 0.25) is 0 Å². The van der Waals surface area contributed by atoms with Gasteiger partial charge in [0.1, 0.15) is 23.3 Å². The van der Waals surface area contributed by atoms with Gasteiger partial charge in [-0.3, -0.25) is 14.3 Å². The molecule has 1 saturated carbocycles. The van der Waals surface area contributed by atoms with Gasteiger partial charge in [0, 0.05) is 12.7 Å². The second kappa shape index (κ2) is 8.61. The normalized spacial score (nSPS) is 18.7. The summed E-state index contributed by atoms with van der Waals surface area (Å²) in [5, 5.41) is 10.8. The Bertz CT molecular complexity index is 1440. The van der Waals surface area contributed by atoms with Crippen molar-refractivity contribution in [1.82, 2.24) is 9.36 Å². The van der Waals surface area contributed by atoms with E-state index in [1.807, 2.05) is 60.7 Å². The van der Waals surface area contributed by atoms with E-state index in [1.165, 1.54) is 4.68 Å². The summed E-state index contributed by atoms with van der Waals surface area (Å²) in [4.78, 5) is 30.5. The summed E-state index contributed by atoms with van der Waals surface area (Å²) < 4.78 is 8.98. The Hall–Kier alpha value is -4.23. The van der Waals surface area contributed by atoms with Crippen LogP contribution in [-0.4, -0.2) is 32.1 Å². The van der Waals surface area contributed by atoms with Gasteiger partial charge in [0.05, 0.1) is 22.9 Å². The number of Topliss-reactive ketones (excluding diaryl/α,β-unsaturated/α-hetero) is 1. The number of ketones is 1. The van der Waals surface area contributed by atoms with E-state index in [-0.39, 0.29) is 17.1 Å². The first-order chi connectivity index (χ1) is 16.5. The van der Waals surface area contributed by atoms with Crippen molar-refractivity contribution in [3.63, 3.8) is 0 Å². The third-order valence-corrected chi connectivity index (χ3v) is 6.11. The van der Waals surface area contributed by atoms with Crippen LogP contribution in [0.4, 0.5) is 5.69 Å². The first-order valence-corrected chi connectivity index (χ1v) is 10.9. The molecular formula is C27H23N3O4. The zero-order valence-electron chi connectivity index (χ0n) is 18.8. The number of carbonyl (C=O) groups is 1. The molecule has 1 heterocycles. The Labute approximate surface area is 196 Å². The van der Waals surface area contributed by atoms with Gasteiger partial charge in [0.25, 0.3) is 5.56 Å². The average Bonchev–Trinajstić information content (AvgIpc) is 3.08. The van der Waals surface area contributed by atoms with Crippen molar-refractivity contribution in [3.8, 4) is 17.2 Å². The highest BCUT2D eigenvalue weighted by atomic mass is 16.5. The van der Waals surface area contributed by atoms with Crippen molar-refractivity contribution in [1.29, 1.82) is 0 Å². The van der Waals surface area contributed by atoms with Crippen molar-refractivity contribution >= 4 is 17.2 Å². The van der Waals surface area contributed by atoms with E-state index < -0.39 is 12.0 Å². The van der Waals surface area contributed by atoms with Gasteiger partial charge in [-0.1, -0.05) is 36.4 Å². The van der Waals surface area contributed by atoms with Gasteiger partial charge in [-0.15, -0.1) is 0 Å². The fraction of sp³-hybridized carbons (Fsp3) is 0.148. The van der Waals surface area contributed by atoms with Crippen LogP contribution in [0.3, 0.4) is 0 Å². The number of nitrogens with zero attached hydrogens (tertiary/aromatic N) is 3. The molecule has 0 spiro atoms. The molecule has 7 nitrogen and oxygen atoms in total. The Morgan fingerprint density at radius 3 is 2.06 bits per heavy atom. The first-order valence-electron chi connectivity index (χ1n) is 10.9. The number of aromatic nitrogens is 2. The number of benzene rings is 3. The van der Waals surface area contributed by atoms with Crippen molar-refractivity contribution < 1.29 is 14.6 Å². The number of para-hydroxylation sites is 2. The second-order valence-corrected chi connectivity index (χ2v) is 8.17. The van der Waals surface area contributed by atoms with Crippen LogP contribution in [0, 0.1) is 6.92 Å². The van der Waals surface area contributed by atoms with Crippen molar-refractivity contribution in [2.24, 2.45) is 12.0 Å². The SMILES string of the molecule is Cc1c(C2C(=O)C(=Nc3ccc(Oc4ccccc4)cc3)C2O)c(=O)n(-c2ccccc2)n1C. The Morgan fingerprint density at radius 1 is 0.853 bits per heavy atom. The minimum atomic E-state index is -1.15. The third-order valence-electron chi connectivity index (χ3n) is 6.11. The molecule has 1 fully saturated rings. The Morgan fingerprint density at radius 2 is 1.44 bits per heavy atom. The molecule has 34 heavy (non-hydrogen) atoms. The third kappa shape index (κ3) is 3.66. The molecule has 170 valence electrons. The van der Waals surface area contributed by atoms with Crippen LogP contribution in [0.2, 0.25) is 0 Å². The van der Waals surface area contributed by atoms with Crippen LogP contribution in [0.5, 0.6) is 11.5 Å². The molecule has 7 heteroatoms. The van der Waals surface area contributed by atoms with E-state index in [0.717, 1.165) is 0 Å². The number of carbonyl (C=O) groups excluding carboxylic acids is 1. The molecule has 0 radical (unpaired) electrons. The first kappa shape index (κ1) is 21.6. The minimum Gasteiger partial charge on any atom is -0.457 e. The van der Waals surface area contributed by atoms with Crippen LogP contribution in [0.25, 0.3) is 5.69 Å². The zero-order chi connectivity index (χ0) is 23.8. The van der Waals surface area contributed by atoms with Gasteiger partial charge in [0.15, 0.2) is 5.78 Å². The number of aliphatic hydroxyl groups is 1. The maximum absolute atomic E-state index is 13.2. The summed E-state index contributed by atoms with van der Waals surface area (Å²) in [7, 11) is 1.76. The summed E-state index contributed by atoms with van der Waals surface area (Å²) in [6, 6.07) is 25.5. The molecule has 0 saturated heterocycles. The number of rotatable bonds is 5. The van der Waals surface area contributed by atoms with Gasteiger partial charge in [-0.2, -0.15) is 0 Å². The Kier molecular flexibility index (Phi) is 5.47. The van der Waals surface area contributed by atoms with E-state index in [9.17, 15) is 14.7 Å². The summed E-state index contributed by atoms with van der Waals surface area (Å²) in [6.45, 7) is 1.77. The lowest BCUT2D eigenvalue weighted by Crippen LogP contribution is -2.52. The summed E-state index contributed by atoms with van der Waals surface area (Å²) in [5.74, 6) is 0.0782. The van der Waals surface area contributed by atoms with E-state index in [1.54, 1.807) is 42.9 Å². The fourth-order valence-corrected chi connectivity index (χ4v) is 4.22. The highest BCUT2D eigenvalue weighted by molar-refractivity contribution is 6.51. The predicted molar refractivity (Wildman–Crippen MR) is 130 cm³/mol. The molecule has 2 unspecified atom stereocenters. The van der Waals surface area contributed by atoms with E-state index in [0.29, 0.717) is 34.1 Å². The lowest BCUT2D eigenvalue weighted by Gasteiger charge is -2.32. The molecule has 0 amide bonds. The molecule has 1 aliphatic rings. The van der Waals surface area contributed by atoms with Gasteiger partial charge in [-0.05, 0) is 55.5 Å². The largest absolute Gasteiger partial charge is 0.457 e. The highest BCUT2D eigenvalue weighted by Gasteiger charge is 2.49. The second-order valence-electron chi connectivity index (χ2n) is 8.17. The van der Waals surface area contributed by atoms with Gasteiger partial charge < -0.3 is 9.84 Å². The molecule has 1 aliphatic carbocycles. The molecule has 3 aromatic carbocycles. The predicted octanol–water partition coefficient (Wildman–Crippen LogP) is 4.08. The van der Waals surface area contributed by atoms with Gasteiger partial charge >= 0.3 is 0 Å². The molecule has 5 rings (SSSR count). The van der Waals surface area contributed by atoms with Crippen LogP contribution >= 0.6 is 0 Å². The number of aliphatic imine (C=N–C) groups is 1. The average molecular weight is 453 g/mol. The summed E-state index contributed by atoms with van der Waals surface area (Å²) >= 11 is 0. The molecular weight excluding hydrogens is 430 g/mol. The minimum absolute atomic E-state index is 0.0515.